The molecule has 0 fully saturated rings. The summed E-state index contributed by atoms with van der Waals surface area (Å²) in [6.07, 6.45) is 36.7. The molecule has 14 heteroatoms. The molecule has 2 atom stereocenters. The Bertz CT molecular complexity index is 1000. The summed E-state index contributed by atoms with van der Waals surface area (Å²) < 4.78 is 0. The predicted octanol–water partition coefficient (Wildman–Crippen LogP) is 5.27. The minimum Gasteiger partial charge on any atom is -0.355 e. The van der Waals surface area contributed by atoms with Gasteiger partial charge in [0.2, 0.25) is 11.8 Å². The minimum atomic E-state index is -0.230. The van der Waals surface area contributed by atoms with Gasteiger partial charge in [-0.1, -0.05) is 102 Å². The zero-order valence-corrected chi connectivity index (χ0v) is 43.2. The Kier molecular flexibility index (Phi) is 50.8. The third kappa shape index (κ3) is 43.3. The average Bonchev–Trinajstić information content (AvgIpc) is 3.32. The first-order chi connectivity index (χ1) is 32.5. The van der Waals surface area contributed by atoms with E-state index in [1.807, 2.05) is 0 Å². The maximum absolute atomic E-state index is 13.3. The molecule has 14 nitrogen and oxygen atoms in total. The van der Waals surface area contributed by atoms with Crippen molar-refractivity contribution in [3.05, 3.63) is 24.3 Å². The topological polar surface area (TPSA) is 217 Å². The molecular formula is C52H110N12O2. The average molecular weight is 936 g/mol. The molecule has 14 N–H and O–H groups in total. The van der Waals surface area contributed by atoms with Gasteiger partial charge in [-0.2, -0.15) is 0 Å². The number of amides is 2. The lowest BCUT2D eigenvalue weighted by molar-refractivity contribution is -0.124. The van der Waals surface area contributed by atoms with Crippen LogP contribution in [0, 0.1) is 0 Å². The Balaban J connectivity index is 5.40. The van der Waals surface area contributed by atoms with Gasteiger partial charge in [0.25, 0.3) is 0 Å². The molecular weight excluding hydrogens is 825 g/mol. The number of nitrogens with zero attached hydrogens (tertiary/aromatic N) is 2. The van der Waals surface area contributed by atoms with Gasteiger partial charge in [0, 0.05) is 39.3 Å². The maximum Gasteiger partial charge on any atom is 0.237 e. The lowest BCUT2D eigenvalue weighted by Crippen LogP contribution is -2.46. The van der Waals surface area contributed by atoms with E-state index < -0.39 is 0 Å². The van der Waals surface area contributed by atoms with E-state index in [4.69, 9.17) is 22.9 Å². The molecule has 0 saturated heterocycles. The Labute approximate surface area is 406 Å². The number of rotatable bonds is 53. The molecule has 0 aliphatic rings. The summed E-state index contributed by atoms with van der Waals surface area (Å²) in [6.45, 7) is 19.0. The van der Waals surface area contributed by atoms with Crippen LogP contribution in [0.2, 0.25) is 0 Å². The van der Waals surface area contributed by atoms with Gasteiger partial charge in [-0.25, -0.2) is 0 Å². The normalized spacial score (nSPS) is 12.9. The molecule has 0 radical (unpaired) electrons. The second-order valence-electron chi connectivity index (χ2n) is 18.3. The zero-order chi connectivity index (χ0) is 48.2. The number of nitrogens with two attached hydrogens (primary N) is 4. The maximum atomic E-state index is 13.3. The van der Waals surface area contributed by atoms with Gasteiger partial charge in [-0.3, -0.25) is 19.4 Å². The first kappa shape index (κ1) is 64.0. The largest absolute Gasteiger partial charge is 0.355 e. The highest BCUT2D eigenvalue weighted by atomic mass is 16.2. The fourth-order valence-electron chi connectivity index (χ4n) is 7.91. The molecule has 0 aliphatic carbocycles. The van der Waals surface area contributed by atoms with Crippen LogP contribution in [-0.2, 0) is 9.59 Å². The zero-order valence-electron chi connectivity index (χ0n) is 43.2. The van der Waals surface area contributed by atoms with Crippen LogP contribution in [-0.4, -0.2) is 152 Å². The van der Waals surface area contributed by atoms with Crippen LogP contribution in [0.1, 0.15) is 168 Å². The van der Waals surface area contributed by atoms with Crippen molar-refractivity contribution < 1.29 is 9.59 Å². The van der Waals surface area contributed by atoms with Crippen molar-refractivity contribution in [2.75, 3.05) is 118 Å². The van der Waals surface area contributed by atoms with Crippen molar-refractivity contribution in [3.8, 4) is 0 Å². The number of hydrogen-bond donors (Lipinski definition) is 10. The Hall–Kier alpha value is -1.98. The molecule has 0 aromatic heterocycles. The number of carbonyl (C=O) groups excluding carboxylic acids is 2. The van der Waals surface area contributed by atoms with Crippen molar-refractivity contribution in [2.45, 2.75) is 180 Å². The highest BCUT2D eigenvalue weighted by Gasteiger charge is 2.18. The third-order valence-electron chi connectivity index (χ3n) is 12.1. The molecule has 2 amide bonds. The first-order valence-electron chi connectivity index (χ1n) is 27.5. The molecule has 0 bridgehead atoms. The quantitative estimate of drug-likeness (QED) is 0.0279. The van der Waals surface area contributed by atoms with Crippen molar-refractivity contribution in [3.63, 3.8) is 0 Å². The predicted molar refractivity (Wildman–Crippen MR) is 285 cm³/mol. The van der Waals surface area contributed by atoms with E-state index in [1.54, 1.807) is 0 Å². The van der Waals surface area contributed by atoms with Gasteiger partial charge in [0.15, 0.2) is 0 Å². The molecule has 2 unspecified atom stereocenters. The van der Waals surface area contributed by atoms with Gasteiger partial charge in [0.1, 0.15) is 0 Å². The fraction of sp³-hybridized carbons (Fsp3) is 0.885. The minimum absolute atomic E-state index is 0.0732. The number of allylic oxidation sites excluding steroid dienone is 2. The highest BCUT2D eigenvalue weighted by molar-refractivity contribution is 5.82. The van der Waals surface area contributed by atoms with E-state index in [0.717, 1.165) is 156 Å². The lowest BCUT2D eigenvalue weighted by Gasteiger charge is -2.24. The van der Waals surface area contributed by atoms with Crippen molar-refractivity contribution in [2.24, 2.45) is 22.9 Å². The first-order valence-corrected chi connectivity index (χ1v) is 27.5. The summed E-state index contributed by atoms with van der Waals surface area (Å²) in [7, 11) is 0. The molecule has 0 saturated carbocycles. The van der Waals surface area contributed by atoms with E-state index in [2.05, 4.69) is 79.9 Å². The lowest BCUT2D eigenvalue weighted by atomic mass is 10.1. The SMILES string of the molecule is CCCCCCCC/C=C\CN(CCCCN(C/C=C\CCCCCCCC)CCCNC(=O)C(CCNCCCN)NCCCN)CCCNC(=O)C(CCNCCCN)NCCCN. The van der Waals surface area contributed by atoms with Crippen LogP contribution in [0.25, 0.3) is 0 Å². The number of carbonyl (C=O) groups is 2. The van der Waals surface area contributed by atoms with E-state index in [0.29, 0.717) is 39.3 Å². The van der Waals surface area contributed by atoms with Crippen LogP contribution < -0.4 is 54.8 Å². The number of nitrogens with one attached hydrogen (secondary N) is 6. The van der Waals surface area contributed by atoms with Gasteiger partial charge in [-0.15, -0.1) is 0 Å². The second kappa shape index (κ2) is 52.4. The van der Waals surface area contributed by atoms with Crippen LogP contribution in [0.5, 0.6) is 0 Å². The smallest absolute Gasteiger partial charge is 0.237 e. The summed E-state index contributed by atoms with van der Waals surface area (Å²) >= 11 is 0. The Morgan fingerprint density at radius 2 is 0.773 bits per heavy atom. The summed E-state index contributed by atoms with van der Waals surface area (Å²) in [5.74, 6) is 0.146. The molecule has 0 spiro atoms. The van der Waals surface area contributed by atoms with Gasteiger partial charge >= 0.3 is 0 Å². The molecule has 0 aromatic rings. The molecule has 66 heavy (non-hydrogen) atoms. The second-order valence-corrected chi connectivity index (χ2v) is 18.3. The summed E-state index contributed by atoms with van der Waals surface area (Å²) in [5.41, 5.74) is 22.8. The summed E-state index contributed by atoms with van der Waals surface area (Å²) in [6, 6.07) is -0.459. The van der Waals surface area contributed by atoms with Crippen molar-refractivity contribution in [1.29, 1.82) is 0 Å². The molecule has 390 valence electrons. The van der Waals surface area contributed by atoms with Crippen molar-refractivity contribution >= 4 is 11.8 Å². The highest BCUT2D eigenvalue weighted by Crippen LogP contribution is 2.09. The Morgan fingerprint density at radius 3 is 1.17 bits per heavy atom. The van der Waals surface area contributed by atoms with E-state index in [1.165, 1.54) is 77.0 Å². The third-order valence-corrected chi connectivity index (χ3v) is 12.1. The number of hydrogen-bond acceptors (Lipinski definition) is 12. The van der Waals surface area contributed by atoms with Gasteiger partial charge < -0.3 is 54.8 Å². The molecule has 0 aromatic carbocycles. The van der Waals surface area contributed by atoms with Gasteiger partial charge in [0.05, 0.1) is 12.1 Å². The van der Waals surface area contributed by atoms with Crippen molar-refractivity contribution in [1.82, 2.24) is 41.7 Å². The summed E-state index contributed by atoms with van der Waals surface area (Å²) in [4.78, 5) is 31.6. The van der Waals surface area contributed by atoms with E-state index in [9.17, 15) is 9.59 Å². The van der Waals surface area contributed by atoms with Crippen LogP contribution in [0.3, 0.4) is 0 Å². The van der Waals surface area contributed by atoms with Crippen LogP contribution in [0.15, 0.2) is 24.3 Å². The Morgan fingerprint density at radius 1 is 0.409 bits per heavy atom. The van der Waals surface area contributed by atoms with Crippen LogP contribution >= 0.6 is 0 Å². The fourth-order valence-corrected chi connectivity index (χ4v) is 7.91. The molecule has 0 heterocycles. The molecule has 0 aliphatic heterocycles. The van der Waals surface area contributed by atoms with E-state index >= 15 is 0 Å². The van der Waals surface area contributed by atoms with Crippen LogP contribution in [0.4, 0.5) is 0 Å². The monoisotopic (exact) mass is 935 g/mol. The summed E-state index contributed by atoms with van der Waals surface area (Å²) in [5, 5.41) is 20.1. The van der Waals surface area contributed by atoms with E-state index in [-0.39, 0.29) is 23.9 Å². The standard InChI is InChI=1S/C52H110N12O2/c1-3-5-7-9-11-13-15-17-19-43-63(47-27-39-61-51(65)49(59-37-25-33-55)29-41-57-35-23-31-53)45-21-22-46-64(44-20-18-16-14-12-10-8-6-4-2)48-28-40-62-52(66)50(60-38-26-34-56)30-42-58-36-24-32-54/h17-20,49-50,57-60H,3-16,21-48,53-56H2,1-2H3,(H,61,65)(H,62,66)/b19-17-,20-18-. The van der Waals surface area contributed by atoms with Gasteiger partial charge in [-0.05, 0) is 168 Å². The molecule has 0 rings (SSSR count). The number of unbranched alkanes of at least 4 members (excludes halogenated alkanes) is 13.